The molecule has 0 N–H and O–H groups in total. The number of thioether (sulfide) groups is 1. The number of carbonyl (C=O) groups excluding carboxylic acids is 1. The molecule has 2 aliphatic rings. The van der Waals surface area contributed by atoms with Crippen molar-refractivity contribution < 1.29 is 26.0 Å². The van der Waals surface area contributed by atoms with Crippen LogP contribution in [0.5, 0.6) is 0 Å². The van der Waals surface area contributed by atoms with Gasteiger partial charge in [-0.1, -0.05) is 11.8 Å². The second kappa shape index (κ2) is 7.79. The van der Waals surface area contributed by atoms with Crippen molar-refractivity contribution in [3.8, 4) is 0 Å². The highest BCUT2D eigenvalue weighted by atomic mass is 32.2. The van der Waals surface area contributed by atoms with Crippen LogP contribution in [-0.4, -0.2) is 66.1 Å². The number of nitrogens with zero attached hydrogens (tertiary/aromatic N) is 3. The molecule has 30 heavy (non-hydrogen) atoms. The lowest BCUT2D eigenvalue weighted by Crippen LogP contribution is -2.14. The molecule has 0 saturated carbocycles. The first-order valence-corrected chi connectivity index (χ1v) is 14.3. The Bertz CT molecular complexity index is 1200. The molecular formula is C18H23N3O6S3. The van der Waals surface area contributed by atoms with Crippen LogP contribution >= 0.6 is 11.8 Å². The van der Waals surface area contributed by atoms with E-state index in [-0.39, 0.29) is 51.7 Å². The zero-order valence-electron chi connectivity index (χ0n) is 16.7. The van der Waals surface area contributed by atoms with E-state index in [1.165, 1.54) is 0 Å². The Balaban J connectivity index is 1.42. The normalized spacial score (nSPS) is 25.0. The summed E-state index contributed by atoms with van der Waals surface area (Å²) in [5, 5.41) is 8.10. The van der Waals surface area contributed by atoms with Gasteiger partial charge < -0.3 is 8.98 Å². The Morgan fingerprint density at radius 3 is 2.47 bits per heavy atom. The average Bonchev–Trinajstić information content (AvgIpc) is 3.40. The van der Waals surface area contributed by atoms with Crippen molar-refractivity contribution in [2.45, 2.75) is 43.9 Å². The van der Waals surface area contributed by atoms with Gasteiger partial charge in [-0.25, -0.2) is 16.8 Å². The van der Waals surface area contributed by atoms with Crippen molar-refractivity contribution in [1.29, 1.82) is 0 Å². The molecule has 0 spiro atoms. The highest BCUT2D eigenvalue weighted by Gasteiger charge is 2.33. The molecular weight excluding hydrogens is 450 g/mol. The van der Waals surface area contributed by atoms with Crippen molar-refractivity contribution in [1.82, 2.24) is 14.8 Å². The second-order valence-corrected chi connectivity index (χ2v) is 13.3. The lowest BCUT2D eigenvalue weighted by Gasteiger charge is -2.16. The number of hydrogen-bond donors (Lipinski definition) is 0. The molecule has 2 atom stereocenters. The summed E-state index contributed by atoms with van der Waals surface area (Å²) in [4.78, 5) is 12.8. The number of aryl methyl sites for hydroxylation is 1. The zero-order chi connectivity index (χ0) is 21.7. The fraction of sp³-hybridized carbons (Fsp3) is 0.611. The van der Waals surface area contributed by atoms with Crippen LogP contribution in [0.2, 0.25) is 0 Å². The number of aromatic nitrogens is 3. The molecule has 0 radical (unpaired) electrons. The number of sulfone groups is 2. The maximum Gasteiger partial charge on any atom is 0.277 e. The standard InChI is InChI=1S/C18H23N3O6S3/c1-11-7-15(12(2)21(11)14-4-6-30(25,26)10-14)16(22)8-28-18-20-19-17(27-18)13-3-5-29(23,24)9-13/h7,13-14H,3-6,8-10H2,1-2H3/t13-,14-/m0/s1. The third-order valence-electron chi connectivity index (χ3n) is 5.69. The number of Topliss-reactive ketones (excluding diaryl/α,β-unsaturated/α-hetero) is 1. The van der Waals surface area contributed by atoms with Gasteiger partial charge in [0.25, 0.3) is 5.22 Å². The molecule has 2 aliphatic heterocycles. The molecule has 9 nitrogen and oxygen atoms in total. The van der Waals surface area contributed by atoms with E-state index in [1.807, 2.05) is 18.4 Å². The van der Waals surface area contributed by atoms with E-state index in [2.05, 4.69) is 10.2 Å². The van der Waals surface area contributed by atoms with Gasteiger partial charge in [0.05, 0.1) is 34.7 Å². The van der Waals surface area contributed by atoms with Crippen LogP contribution in [-0.2, 0) is 19.7 Å². The number of carbonyl (C=O) groups is 1. The molecule has 0 bridgehead atoms. The van der Waals surface area contributed by atoms with Crippen LogP contribution in [0, 0.1) is 13.8 Å². The SMILES string of the molecule is Cc1cc(C(=O)CSc2nnc([C@H]3CCS(=O)(=O)C3)o2)c(C)n1[C@H]1CCS(=O)(=O)C1. The summed E-state index contributed by atoms with van der Waals surface area (Å²) in [6.07, 6.45) is 1.03. The van der Waals surface area contributed by atoms with Crippen LogP contribution in [0.25, 0.3) is 0 Å². The monoisotopic (exact) mass is 473 g/mol. The Morgan fingerprint density at radius 2 is 1.83 bits per heavy atom. The molecule has 4 rings (SSSR count). The molecule has 2 saturated heterocycles. The van der Waals surface area contributed by atoms with Gasteiger partial charge in [-0.2, -0.15) is 0 Å². The summed E-state index contributed by atoms with van der Waals surface area (Å²) >= 11 is 1.11. The van der Waals surface area contributed by atoms with Crippen molar-refractivity contribution in [3.05, 3.63) is 28.9 Å². The fourth-order valence-corrected chi connectivity index (χ4v) is 8.32. The predicted octanol–water partition coefficient (Wildman–Crippen LogP) is 1.72. The molecule has 0 aliphatic carbocycles. The lowest BCUT2D eigenvalue weighted by molar-refractivity contribution is 0.102. The summed E-state index contributed by atoms with van der Waals surface area (Å²) in [5.74, 6) is 0.421. The van der Waals surface area contributed by atoms with Gasteiger partial charge in [0.15, 0.2) is 25.5 Å². The summed E-state index contributed by atoms with van der Waals surface area (Å²) in [5.41, 5.74) is 2.19. The van der Waals surface area contributed by atoms with Crippen LogP contribution in [0.3, 0.4) is 0 Å². The molecule has 12 heteroatoms. The first-order chi connectivity index (χ1) is 14.0. The average molecular weight is 474 g/mol. The van der Waals surface area contributed by atoms with Crippen LogP contribution in [0.1, 0.15) is 52.4 Å². The second-order valence-electron chi connectivity index (χ2n) is 7.93. The maximum atomic E-state index is 12.8. The highest BCUT2D eigenvalue weighted by Crippen LogP contribution is 2.31. The minimum absolute atomic E-state index is 0.0150. The van der Waals surface area contributed by atoms with Crippen molar-refractivity contribution >= 4 is 37.2 Å². The maximum absolute atomic E-state index is 12.8. The fourth-order valence-electron chi connectivity index (χ4n) is 4.24. The number of ketones is 1. The predicted molar refractivity (Wildman–Crippen MR) is 112 cm³/mol. The first kappa shape index (κ1) is 21.6. The van der Waals surface area contributed by atoms with Gasteiger partial charge in [0, 0.05) is 23.0 Å². The van der Waals surface area contributed by atoms with E-state index in [4.69, 9.17) is 4.42 Å². The molecule has 0 unspecified atom stereocenters. The molecule has 2 fully saturated rings. The largest absolute Gasteiger partial charge is 0.416 e. The molecule has 164 valence electrons. The number of hydrogen-bond acceptors (Lipinski definition) is 9. The van der Waals surface area contributed by atoms with Crippen LogP contribution in [0.15, 0.2) is 15.7 Å². The highest BCUT2D eigenvalue weighted by molar-refractivity contribution is 7.99. The van der Waals surface area contributed by atoms with Crippen molar-refractivity contribution in [2.75, 3.05) is 28.8 Å². The minimum atomic E-state index is -3.05. The molecule has 0 aromatic carbocycles. The summed E-state index contributed by atoms with van der Waals surface area (Å²) in [6.45, 7) is 3.71. The van der Waals surface area contributed by atoms with E-state index >= 15 is 0 Å². The van der Waals surface area contributed by atoms with Gasteiger partial charge in [0.2, 0.25) is 5.89 Å². The number of rotatable bonds is 6. The lowest BCUT2D eigenvalue weighted by atomic mass is 10.1. The smallest absolute Gasteiger partial charge is 0.277 e. The van der Waals surface area contributed by atoms with E-state index in [0.29, 0.717) is 24.3 Å². The Kier molecular flexibility index (Phi) is 5.60. The summed E-state index contributed by atoms with van der Waals surface area (Å²) in [7, 11) is -6.07. The van der Waals surface area contributed by atoms with Gasteiger partial charge in [-0.05, 0) is 32.8 Å². The zero-order valence-corrected chi connectivity index (χ0v) is 19.1. The van der Waals surface area contributed by atoms with Gasteiger partial charge in [-0.3, -0.25) is 4.79 Å². The molecule has 2 aromatic rings. The van der Waals surface area contributed by atoms with Crippen molar-refractivity contribution in [2.24, 2.45) is 0 Å². The third-order valence-corrected chi connectivity index (χ3v) is 10.0. The summed E-state index contributed by atoms with van der Waals surface area (Å²) in [6, 6.07) is 1.66. The van der Waals surface area contributed by atoms with E-state index in [1.54, 1.807) is 6.07 Å². The summed E-state index contributed by atoms with van der Waals surface area (Å²) < 4.78 is 54.4. The minimum Gasteiger partial charge on any atom is -0.416 e. The molecule has 4 heterocycles. The van der Waals surface area contributed by atoms with Gasteiger partial charge >= 0.3 is 0 Å². The van der Waals surface area contributed by atoms with E-state index < -0.39 is 19.7 Å². The van der Waals surface area contributed by atoms with Crippen LogP contribution < -0.4 is 0 Å². The van der Waals surface area contributed by atoms with Gasteiger partial charge in [0.1, 0.15) is 0 Å². The quantitative estimate of drug-likeness (QED) is 0.455. The van der Waals surface area contributed by atoms with E-state index in [0.717, 1.165) is 23.1 Å². The van der Waals surface area contributed by atoms with Crippen molar-refractivity contribution in [3.63, 3.8) is 0 Å². The first-order valence-electron chi connectivity index (χ1n) is 9.63. The Morgan fingerprint density at radius 1 is 1.13 bits per heavy atom. The Labute approximate surface area is 179 Å². The van der Waals surface area contributed by atoms with Crippen LogP contribution in [0.4, 0.5) is 0 Å². The van der Waals surface area contributed by atoms with E-state index in [9.17, 15) is 21.6 Å². The topological polar surface area (TPSA) is 129 Å². The molecule has 0 amide bonds. The Hall–Kier alpha value is -1.66. The third kappa shape index (κ3) is 4.35. The van der Waals surface area contributed by atoms with Gasteiger partial charge in [-0.15, -0.1) is 10.2 Å². The molecule has 2 aromatic heterocycles.